The van der Waals surface area contributed by atoms with Gasteiger partial charge in [-0.3, -0.25) is 14.5 Å². The van der Waals surface area contributed by atoms with Gasteiger partial charge < -0.3 is 10.1 Å². The molecule has 1 heterocycles. The Bertz CT molecular complexity index is 921. The molecule has 148 valence electrons. The van der Waals surface area contributed by atoms with Crippen LogP contribution in [-0.4, -0.2) is 30.6 Å². The van der Waals surface area contributed by atoms with Crippen molar-refractivity contribution in [3.63, 3.8) is 0 Å². The van der Waals surface area contributed by atoms with Crippen LogP contribution in [0.3, 0.4) is 0 Å². The first-order valence-electron chi connectivity index (χ1n) is 8.02. The molecular weight excluding hydrogens is 420 g/mol. The van der Waals surface area contributed by atoms with Gasteiger partial charge in [0.2, 0.25) is 5.91 Å². The second-order valence-electron chi connectivity index (χ2n) is 5.96. The molecule has 1 aliphatic rings. The molecule has 1 atom stereocenters. The Kier molecular flexibility index (Phi) is 5.71. The molecule has 2 aromatic rings. The van der Waals surface area contributed by atoms with Crippen LogP contribution < -0.4 is 15.0 Å². The first-order valence-corrected chi connectivity index (χ1v) is 8.78. The zero-order valence-electron chi connectivity index (χ0n) is 14.1. The van der Waals surface area contributed by atoms with Crippen molar-refractivity contribution in [2.24, 2.45) is 0 Å². The zero-order valence-corrected chi connectivity index (χ0v) is 15.6. The number of nitrogens with one attached hydrogen (secondary N) is 1. The maximum atomic E-state index is 13.6. The second kappa shape index (κ2) is 7.89. The fourth-order valence-corrected chi connectivity index (χ4v) is 3.07. The van der Waals surface area contributed by atoms with Gasteiger partial charge >= 0.3 is 6.18 Å². The lowest BCUT2D eigenvalue weighted by molar-refractivity contribution is -0.158. The van der Waals surface area contributed by atoms with E-state index in [1.807, 2.05) is 0 Å². The SMILES string of the molecule is O=C1CC(C(F)(F)F)N(C(=O)COc2ccc(Cl)c(Cl)c2)c2ccccc2N1. The van der Waals surface area contributed by atoms with E-state index in [0.717, 1.165) is 0 Å². The summed E-state index contributed by atoms with van der Waals surface area (Å²) in [5.41, 5.74) is 0.0561. The Morgan fingerprint density at radius 1 is 1.18 bits per heavy atom. The van der Waals surface area contributed by atoms with Crippen molar-refractivity contribution in [2.45, 2.75) is 18.6 Å². The van der Waals surface area contributed by atoms with E-state index in [1.165, 1.54) is 36.4 Å². The lowest BCUT2D eigenvalue weighted by atomic mass is 10.1. The zero-order chi connectivity index (χ0) is 20.5. The van der Waals surface area contributed by atoms with E-state index in [-0.39, 0.29) is 27.2 Å². The normalized spacial score (nSPS) is 16.8. The van der Waals surface area contributed by atoms with E-state index in [9.17, 15) is 22.8 Å². The van der Waals surface area contributed by atoms with Crippen molar-refractivity contribution in [3.05, 3.63) is 52.5 Å². The molecule has 10 heteroatoms. The van der Waals surface area contributed by atoms with Crippen LogP contribution >= 0.6 is 23.2 Å². The van der Waals surface area contributed by atoms with Gasteiger partial charge in [0, 0.05) is 6.07 Å². The van der Waals surface area contributed by atoms with Crippen molar-refractivity contribution in [2.75, 3.05) is 16.8 Å². The molecule has 0 radical (unpaired) electrons. The summed E-state index contributed by atoms with van der Waals surface area (Å²) in [6.45, 7) is -0.687. The van der Waals surface area contributed by atoms with Crippen molar-refractivity contribution in [1.29, 1.82) is 0 Å². The number of rotatable bonds is 3. The van der Waals surface area contributed by atoms with Gasteiger partial charge in [0.15, 0.2) is 6.61 Å². The first-order chi connectivity index (χ1) is 13.2. The summed E-state index contributed by atoms with van der Waals surface area (Å²) >= 11 is 11.7. The number of fused-ring (bicyclic) bond motifs is 1. The maximum Gasteiger partial charge on any atom is 0.409 e. The van der Waals surface area contributed by atoms with E-state index in [1.54, 1.807) is 6.07 Å². The van der Waals surface area contributed by atoms with Crippen molar-refractivity contribution >= 4 is 46.4 Å². The third-order valence-electron chi connectivity index (χ3n) is 4.03. The highest BCUT2D eigenvalue weighted by atomic mass is 35.5. The van der Waals surface area contributed by atoms with Crippen LogP contribution in [0.1, 0.15) is 6.42 Å². The van der Waals surface area contributed by atoms with Crippen LogP contribution in [0.15, 0.2) is 42.5 Å². The molecule has 1 N–H and O–H groups in total. The molecular formula is C18H13Cl2F3N2O3. The van der Waals surface area contributed by atoms with Gasteiger partial charge in [0.05, 0.1) is 27.8 Å². The minimum absolute atomic E-state index is 0.0570. The highest BCUT2D eigenvalue weighted by Crippen LogP contribution is 2.37. The van der Waals surface area contributed by atoms with Gasteiger partial charge in [0.1, 0.15) is 11.8 Å². The Morgan fingerprint density at radius 3 is 2.57 bits per heavy atom. The van der Waals surface area contributed by atoms with Gasteiger partial charge in [-0.25, -0.2) is 0 Å². The van der Waals surface area contributed by atoms with Gasteiger partial charge in [-0.15, -0.1) is 0 Å². The average molecular weight is 433 g/mol. The highest BCUT2D eigenvalue weighted by molar-refractivity contribution is 6.42. The Morgan fingerprint density at radius 2 is 1.89 bits per heavy atom. The molecule has 0 aliphatic carbocycles. The van der Waals surface area contributed by atoms with Gasteiger partial charge in [0.25, 0.3) is 5.91 Å². The number of hydrogen-bond acceptors (Lipinski definition) is 3. The number of amides is 2. The molecule has 0 fully saturated rings. The predicted octanol–water partition coefficient (Wildman–Crippen LogP) is 4.68. The van der Waals surface area contributed by atoms with Gasteiger partial charge in [-0.1, -0.05) is 35.3 Å². The summed E-state index contributed by atoms with van der Waals surface area (Å²) in [7, 11) is 0. The van der Waals surface area contributed by atoms with E-state index < -0.39 is 37.1 Å². The fourth-order valence-electron chi connectivity index (χ4n) is 2.78. The molecule has 0 spiro atoms. The first kappa shape index (κ1) is 20.3. The molecule has 0 saturated carbocycles. The summed E-state index contributed by atoms with van der Waals surface area (Å²) in [4.78, 5) is 25.2. The van der Waals surface area contributed by atoms with Crippen LogP contribution in [0.4, 0.5) is 24.5 Å². The summed E-state index contributed by atoms with van der Waals surface area (Å²) in [5, 5.41) is 2.83. The third-order valence-corrected chi connectivity index (χ3v) is 4.77. The fraction of sp³-hybridized carbons (Fsp3) is 0.222. The quantitative estimate of drug-likeness (QED) is 0.765. The van der Waals surface area contributed by atoms with Crippen LogP contribution in [-0.2, 0) is 9.59 Å². The van der Waals surface area contributed by atoms with Crippen molar-refractivity contribution in [1.82, 2.24) is 0 Å². The number of alkyl halides is 3. The molecule has 0 aromatic heterocycles. The number of carbonyl (C=O) groups excluding carboxylic acids is 2. The second-order valence-corrected chi connectivity index (χ2v) is 6.77. The van der Waals surface area contributed by atoms with Crippen molar-refractivity contribution < 1.29 is 27.5 Å². The standard InChI is InChI=1S/C18H13Cl2F3N2O3/c19-11-6-5-10(7-12(11)20)28-9-17(27)25-14-4-2-1-3-13(14)24-16(26)8-15(25)18(21,22)23/h1-7,15H,8-9H2,(H,24,26). The van der Waals surface area contributed by atoms with Crippen molar-refractivity contribution in [3.8, 4) is 5.75 Å². The molecule has 2 amide bonds. The molecule has 0 saturated heterocycles. The average Bonchev–Trinajstić information content (AvgIpc) is 2.78. The smallest absolute Gasteiger partial charge is 0.409 e. The lowest BCUT2D eigenvalue weighted by Gasteiger charge is -2.31. The number of hydrogen-bond donors (Lipinski definition) is 1. The Labute approximate surface area is 168 Å². The van der Waals surface area contributed by atoms with E-state index in [4.69, 9.17) is 27.9 Å². The topological polar surface area (TPSA) is 58.6 Å². The Hall–Kier alpha value is -2.45. The van der Waals surface area contributed by atoms with Crippen LogP contribution in [0.25, 0.3) is 0 Å². The molecule has 2 aromatic carbocycles. The molecule has 1 unspecified atom stereocenters. The largest absolute Gasteiger partial charge is 0.484 e. The number of anilines is 2. The number of carbonyl (C=O) groups is 2. The maximum absolute atomic E-state index is 13.6. The highest BCUT2D eigenvalue weighted by Gasteiger charge is 2.49. The summed E-state index contributed by atoms with van der Waals surface area (Å²) in [6.07, 6.45) is -5.73. The van der Waals surface area contributed by atoms with E-state index in [0.29, 0.717) is 4.90 Å². The number of ether oxygens (including phenoxy) is 1. The lowest BCUT2D eigenvalue weighted by Crippen LogP contribution is -2.51. The number of benzene rings is 2. The molecule has 5 nitrogen and oxygen atoms in total. The third kappa shape index (κ3) is 4.34. The summed E-state index contributed by atoms with van der Waals surface area (Å²) in [6, 6.07) is 7.67. The van der Waals surface area contributed by atoms with Crippen LogP contribution in [0.5, 0.6) is 5.75 Å². The molecule has 3 rings (SSSR count). The molecule has 28 heavy (non-hydrogen) atoms. The van der Waals surface area contributed by atoms with Gasteiger partial charge in [-0.2, -0.15) is 13.2 Å². The number of para-hydroxylation sites is 2. The minimum Gasteiger partial charge on any atom is -0.484 e. The minimum atomic E-state index is -4.81. The summed E-state index contributed by atoms with van der Waals surface area (Å²) < 4.78 is 46.1. The van der Waals surface area contributed by atoms with Crippen LogP contribution in [0.2, 0.25) is 10.0 Å². The van der Waals surface area contributed by atoms with Gasteiger partial charge in [-0.05, 0) is 24.3 Å². The van der Waals surface area contributed by atoms with Crippen LogP contribution in [0, 0.1) is 0 Å². The van der Waals surface area contributed by atoms with E-state index >= 15 is 0 Å². The van der Waals surface area contributed by atoms with E-state index in [2.05, 4.69) is 5.32 Å². The molecule has 1 aliphatic heterocycles. The Balaban J connectivity index is 1.91. The monoisotopic (exact) mass is 432 g/mol. The predicted molar refractivity (Wildman–Crippen MR) is 99.0 cm³/mol. The summed E-state index contributed by atoms with van der Waals surface area (Å²) in [5.74, 6) is -1.63. The number of halogens is 5. The number of nitrogens with zero attached hydrogens (tertiary/aromatic N) is 1. The molecule has 0 bridgehead atoms.